The van der Waals surface area contributed by atoms with Gasteiger partial charge in [0.15, 0.2) is 17.2 Å². The predicted octanol–water partition coefficient (Wildman–Crippen LogP) is 3.25. The minimum absolute atomic E-state index is 0.0116. The highest BCUT2D eigenvalue weighted by molar-refractivity contribution is 5.98. The molecule has 0 atom stereocenters. The van der Waals surface area contributed by atoms with Gasteiger partial charge in [0.25, 0.3) is 5.91 Å². The van der Waals surface area contributed by atoms with Gasteiger partial charge in [-0.15, -0.1) is 0 Å². The third-order valence-electron chi connectivity index (χ3n) is 4.81. The van der Waals surface area contributed by atoms with E-state index in [0.717, 1.165) is 16.5 Å². The van der Waals surface area contributed by atoms with E-state index in [9.17, 15) is 4.79 Å². The van der Waals surface area contributed by atoms with Crippen molar-refractivity contribution in [1.82, 2.24) is 30.2 Å². The number of hydrogen-bond donors (Lipinski definition) is 2. The Hall–Kier alpha value is -4.66. The van der Waals surface area contributed by atoms with Crippen molar-refractivity contribution in [3.05, 3.63) is 84.8 Å². The minimum Gasteiger partial charge on any atom is -0.443 e. The smallest absolute Gasteiger partial charge is 0.274 e. The van der Waals surface area contributed by atoms with Gasteiger partial charge in [-0.1, -0.05) is 18.2 Å². The van der Waals surface area contributed by atoms with Gasteiger partial charge in [0.05, 0.1) is 24.0 Å². The lowest BCUT2D eigenvalue weighted by atomic mass is 10.1. The van der Waals surface area contributed by atoms with Gasteiger partial charge in [-0.3, -0.25) is 14.8 Å². The number of pyridine rings is 2. The Morgan fingerprint density at radius 3 is 2.66 bits per heavy atom. The molecule has 0 aliphatic carbocycles. The Balaban J connectivity index is 1.57. The summed E-state index contributed by atoms with van der Waals surface area (Å²) in [5.41, 5.74) is 9.17. The topological polar surface area (TPSA) is 133 Å². The van der Waals surface area contributed by atoms with E-state index in [4.69, 9.17) is 10.2 Å². The molecule has 0 radical (unpaired) electrons. The molecule has 9 nitrogen and oxygen atoms in total. The molecule has 4 heterocycles. The quantitative estimate of drug-likeness (QED) is 0.440. The van der Waals surface area contributed by atoms with Crippen LogP contribution in [0.25, 0.3) is 33.7 Å². The molecule has 4 aromatic heterocycles. The first-order chi connectivity index (χ1) is 15.7. The number of fused-ring (bicyclic) bond motifs is 1. The molecule has 3 N–H and O–H groups in total. The van der Waals surface area contributed by atoms with Gasteiger partial charge >= 0.3 is 0 Å². The van der Waals surface area contributed by atoms with E-state index in [0.29, 0.717) is 17.1 Å². The van der Waals surface area contributed by atoms with Gasteiger partial charge in [0.2, 0.25) is 5.89 Å². The maximum absolute atomic E-state index is 12.9. The molecule has 5 aromatic rings. The highest BCUT2D eigenvalue weighted by Crippen LogP contribution is 2.31. The molecule has 0 fully saturated rings. The monoisotopic (exact) mass is 423 g/mol. The summed E-state index contributed by atoms with van der Waals surface area (Å²) >= 11 is 0. The molecule has 5 rings (SSSR count). The zero-order valence-corrected chi connectivity index (χ0v) is 16.8. The zero-order chi connectivity index (χ0) is 21.9. The van der Waals surface area contributed by atoms with Crippen LogP contribution in [0.2, 0.25) is 0 Å². The Morgan fingerprint density at radius 2 is 1.84 bits per heavy atom. The van der Waals surface area contributed by atoms with Crippen LogP contribution in [0.3, 0.4) is 0 Å². The number of oxazole rings is 1. The van der Waals surface area contributed by atoms with Crippen molar-refractivity contribution in [1.29, 1.82) is 0 Å². The van der Waals surface area contributed by atoms with E-state index in [1.54, 1.807) is 12.4 Å². The average molecular weight is 423 g/mol. The van der Waals surface area contributed by atoms with Crippen LogP contribution in [-0.2, 0) is 6.54 Å². The number of nitrogens with zero attached hydrogens (tertiary/aromatic N) is 5. The van der Waals surface area contributed by atoms with Crippen molar-refractivity contribution < 1.29 is 9.21 Å². The molecule has 9 heteroatoms. The predicted molar refractivity (Wildman–Crippen MR) is 118 cm³/mol. The summed E-state index contributed by atoms with van der Waals surface area (Å²) in [5.74, 6) is -0.225. The summed E-state index contributed by atoms with van der Waals surface area (Å²) in [6.45, 7) is 0.235. The van der Waals surface area contributed by atoms with Gasteiger partial charge in [-0.2, -0.15) is 0 Å². The zero-order valence-electron chi connectivity index (χ0n) is 16.8. The second-order valence-corrected chi connectivity index (χ2v) is 6.91. The summed E-state index contributed by atoms with van der Waals surface area (Å²) in [6, 6.07) is 14.9. The third kappa shape index (κ3) is 3.74. The van der Waals surface area contributed by atoms with E-state index >= 15 is 0 Å². The van der Waals surface area contributed by atoms with E-state index < -0.39 is 5.91 Å². The van der Waals surface area contributed by atoms with Crippen LogP contribution in [0.5, 0.6) is 0 Å². The molecule has 0 saturated carbocycles. The number of aromatic nitrogens is 5. The molecule has 1 aromatic carbocycles. The summed E-state index contributed by atoms with van der Waals surface area (Å²) in [5, 5.41) is 3.71. The molecule has 0 aliphatic rings. The Kier molecular flexibility index (Phi) is 4.97. The molecule has 0 saturated heterocycles. The van der Waals surface area contributed by atoms with Crippen LogP contribution in [0.4, 0.5) is 5.82 Å². The second-order valence-electron chi connectivity index (χ2n) is 6.91. The number of nitrogens with one attached hydrogen (secondary N) is 1. The lowest BCUT2D eigenvalue weighted by molar-refractivity contribution is 0.0946. The Bertz CT molecular complexity index is 1400. The molecule has 1 amide bonds. The van der Waals surface area contributed by atoms with Gasteiger partial charge in [0.1, 0.15) is 12.0 Å². The second kappa shape index (κ2) is 8.23. The van der Waals surface area contributed by atoms with E-state index in [1.807, 2.05) is 48.5 Å². The minimum atomic E-state index is -0.455. The summed E-state index contributed by atoms with van der Waals surface area (Å²) in [4.78, 5) is 34.6. The number of anilines is 1. The largest absolute Gasteiger partial charge is 0.443 e. The van der Waals surface area contributed by atoms with E-state index in [1.165, 1.54) is 12.5 Å². The van der Waals surface area contributed by atoms with Crippen LogP contribution in [0.15, 0.2) is 77.8 Å². The first-order valence-corrected chi connectivity index (χ1v) is 9.79. The maximum atomic E-state index is 12.9. The Labute approximate surface area is 182 Å². The van der Waals surface area contributed by atoms with Crippen molar-refractivity contribution >= 4 is 22.6 Å². The number of carbonyl (C=O) groups is 1. The molecular formula is C23H17N7O2. The first-order valence-electron chi connectivity index (χ1n) is 9.79. The number of nitrogens with two attached hydrogens (primary N) is 1. The van der Waals surface area contributed by atoms with Crippen LogP contribution in [-0.4, -0.2) is 30.8 Å². The SMILES string of the molecule is Nc1nc(-c2ncco2)c(-c2ccc3ncccc3c2)nc1C(=O)NCc1ccccn1. The van der Waals surface area contributed by atoms with E-state index in [2.05, 4.69) is 30.2 Å². The average Bonchev–Trinajstić information content (AvgIpc) is 3.38. The lowest BCUT2D eigenvalue weighted by Crippen LogP contribution is -2.26. The molecule has 0 spiro atoms. The van der Waals surface area contributed by atoms with Gasteiger partial charge in [-0.05, 0) is 30.3 Å². The van der Waals surface area contributed by atoms with Gasteiger partial charge < -0.3 is 15.5 Å². The molecule has 0 bridgehead atoms. The molecule has 0 unspecified atom stereocenters. The number of benzene rings is 1. The molecule has 32 heavy (non-hydrogen) atoms. The first kappa shape index (κ1) is 19.3. The Morgan fingerprint density at radius 1 is 0.938 bits per heavy atom. The van der Waals surface area contributed by atoms with Crippen LogP contribution in [0, 0.1) is 0 Å². The van der Waals surface area contributed by atoms with Crippen molar-refractivity contribution in [3.63, 3.8) is 0 Å². The van der Waals surface area contributed by atoms with Crippen LogP contribution in [0.1, 0.15) is 16.2 Å². The third-order valence-corrected chi connectivity index (χ3v) is 4.81. The molecule has 0 aliphatic heterocycles. The molecular weight excluding hydrogens is 406 g/mol. The summed E-state index contributed by atoms with van der Waals surface area (Å²) < 4.78 is 5.44. The van der Waals surface area contributed by atoms with Gasteiger partial charge in [-0.25, -0.2) is 15.0 Å². The van der Waals surface area contributed by atoms with Gasteiger partial charge in [0, 0.05) is 23.3 Å². The van der Waals surface area contributed by atoms with Crippen molar-refractivity contribution in [2.24, 2.45) is 0 Å². The summed E-state index contributed by atoms with van der Waals surface area (Å²) in [6.07, 6.45) is 6.34. The van der Waals surface area contributed by atoms with Crippen molar-refractivity contribution in [2.45, 2.75) is 6.54 Å². The van der Waals surface area contributed by atoms with Crippen molar-refractivity contribution in [3.8, 4) is 22.8 Å². The van der Waals surface area contributed by atoms with Crippen LogP contribution >= 0.6 is 0 Å². The number of nitrogen functional groups attached to an aromatic ring is 1. The number of rotatable bonds is 5. The van der Waals surface area contributed by atoms with Crippen LogP contribution < -0.4 is 11.1 Å². The number of hydrogen-bond acceptors (Lipinski definition) is 8. The maximum Gasteiger partial charge on any atom is 0.274 e. The molecule has 156 valence electrons. The highest BCUT2D eigenvalue weighted by Gasteiger charge is 2.22. The standard InChI is InChI=1S/C23H17N7O2/c24-21-20(22(31)28-13-16-5-1-2-8-25-16)29-18(19(30-21)23-27-10-11-32-23)15-6-7-17-14(12-15)4-3-9-26-17/h1-12H,13H2,(H2,24,30)(H,28,31). The summed E-state index contributed by atoms with van der Waals surface area (Å²) in [7, 11) is 0. The van der Waals surface area contributed by atoms with Crippen molar-refractivity contribution in [2.75, 3.05) is 5.73 Å². The fraction of sp³-hybridized carbons (Fsp3) is 0.0435. The highest BCUT2D eigenvalue weighted by atomic mass is 16.3. The fourth-order valence-corrected chi connectivity index (χ4v) is 3.29. The lowest BCUT2D eigenvalue weighted by Gasteiger charge is -2.12. The van der Waals surface area contributed by atoms with E-state index in [-0.39, 0.29) is 23.9 Å². The number of amides is 1. The fourth-order valence-electron chi connectivity index (χ4n) is 3.29. The number of carbonyl (C=O) groups excluding carboxylic acids is 1. The normalized spacial score (nSPS) is 10.9.